The highest BCUT2D eigenvalue weighted by Crippen LogP contribution is 2.38. The zero-order valence-corrected chi connectivity index (χ0v) is 12.2. The monoisotopic (exact) mass is 249 g/mol. The van der Waals surface area contributed by atoms with Gasteiger partial charge in [-0.25, -0.2) is 0 Å². The van der Waals surface area contributed by atoms with Gasteiger partial charge in [0.2, 0.25) is 0 Å². The van der Waals surface area contributed by atoms with E-state index in [9.17, 15) is 0 Å². The predicted octanol–water partition coefficient (Wildman–Crippen LogP) is 3.92. The van der Waals surface area contributed by atoms with E-state index in [1.807, 2.05) is 10.9 Å². The molecule has 1 aliphatic rings. The van der Waals surface area contributed by atoms with Crippen molar-refractivity contribution >= 4 is 5.69 Å². The molecule has 1 aliphatic carbocycles. The number of nitrogens with zero attached hydrogens (tertiary/aromatic N) is 2. The summed E-state index contributed by atoms with van der Waals surface area (Å²) >= 11 is 0. The first-order valence-corrected chi connectivity index (χ1v) is 7.28. The van der Waals surface area contributed by atoms with Gasteiger partial charge in [0.1, 0.15) is 0 Å². The van der Waals surface area contributed by atoms with E-state index in [1.54, 1.807) is 0 Å². The van der Waals surface area contributed by atoms with Gasteiger partial charge >= 0.3 is 0 Å². The average molecular weight is 249 g/mol. The summed E-state index contributed by atoms with van der Waals surface area (Å²) in [5, 5.41) is 7.93. The predicted molar refractivity (Wildman–Crippen MR) is 76.7 cm³/mol. The average Bonchev–Trinajstić information content (AvgIpc) is 2.76. The molecule has 0 radical (unpaired) electrons. The number of nitrogens with one attached hydrogen (secondary N) is 1. The van der Waals surface area contributed by atoms with Crippen LogP contribution in [0.4, 0.5) is 5.69 Å². The number of aromatic nitrogens is 2. The topological polar surface area (TPSA) is 29.9 Å². The Hall–Kier alpha value is -0.990. The Kier molecular flexibility index (Phi) is 3.98. The van der Waals surface area contributed by atoms with Crippen LogP contribution in [0.2, 0.25) is 0 Å². The number of anilines is 1. The molecule has 3 heteroatoms. The highest BCUT2D eigenvalue weighted by atomic mass is 15.3. The molecule has 3 nitrogen and oxygen atoms in total. The third-order valence-corrected chi connectivity index (χ3v) is 4.28. The summed E-state index contributed by atoms with van der Waals surface area (Å²) in [6.07, 6.45) is 9.33. The molecule has 1 heterocycles. The maximum Gasteiger partial charge on any atom is 0.0728 e. The van der Waals surface area contributed by atoms with E-state index >= 15 is 0 Å². The largest absolute Gasteiger partial charge is 0.380 e. The Morgan fingerprint density at radius 1 is 1.28 bits per heavy atom. The lowest BCUT2D eigenvalue weighted by Crippen LogP contribution is -2.31. The lowest BCUT2D eigenvalue weighted by molar-refractivity contribution is 0.173. The van der Waals surface area contributed by atoms with Gasteiger partial charge in [-0.05, 0) is 43.9 Å². The highest BCUT2D eigenvalue weighted by molar-refractivity contribution is 5.39. The fraction of sp³-hybridized carbons (Fsp3) is 0.800. The molecule has 0 unspecified atom stereocenters. The summed E-state index contributed by atoms with van der Waals surface area (Å²) in [6.45, 7) is 10.2. The van der Waals surface area contributed by atoms with Gasteiger partial charge in [-0.1, -0.05) is 20.8 Å². The second-order valence-electron chi connectivity index (χ2n) is 6.64. The number of hydrogen-bond acceptors (Lipinski definition) is 2. The first-order chi connectivity index (χ1) is 8.49. The Labute approximate surface area is 111 Å². The third-order valence-electron chi connectivity index (χ3n) is 4.28. The first-order valence-electron chi connectivity index (χ1n) is 7.28. The van der Waals surface area contributed by atoms with Crippen LogP contribution in [0.25, 0.3) is 0 Å². The second kappa shape index (κ2) is 5.33. The maximum atomic E-state index is 4.31. The van der Waals surface area contributed by atoms with Gasteiger partial charge in [0, 0.05) is 18.8 Å². The summed E-state index contributed by atoms with van der Waals surface area (Å²) in [5.74, 6) is 0.883. The molecular formula is C15H27N3. The van der Waals surface area contributed by atoms with Crippen molar-refractivity contribution in [3.05, 3.63) is 12.4 Å². The molecule has 0 amide bonds. The minimum absolute atomic E-state index is 0.470. The standard InChI is InChI=1S/C15H27N3/c1-5-18-11-14(10-16-18)17-13-8-6-12(7-9-13)15(2,3)4/h10-13,17H,5-9H2,1-4H3. The van der Waals surface area contributed by atoms with Crippen LogP contribution in [0.3, 0.4) is 0 Å². The molecular weight excluding hydrogens is 222 g/mol. The van der Waals surface area contributed by atoms with Crippen molar-refractivity contribution in [3.8, 4) is 0 Å². The Morgan fingerprint density at radius 2 is 1.94 bits per heavy atom. The fourth-order valence-corrected chi connectivity index (χ4v) is 2.95. The van der Waals surface area contributed by atoms with E-state index in [4.69, 9.17) is 0 Å². The second-order valence-corrected chi connectivity index (χ2v) is 6.64. The van der Waals surface area contributed by atoms with Gasteiger partial charge in [0.25, 0.3) is 0 Å². The number of rotatable bonds is 3. The quantitative estimate of drug-likeness (QED) is 0.880. The van der Waals surface area contributed by atoms with E-state index in [-0.39, 0.29) is 0 Å². The van der Waals surface area contributed by atoms with Crippen molar-refractivity contribution in [2.45, 2.75) is 66.0 Å². The third kappa shape index (κ3) is 3.27. The van der Waals surface area contributed by atoms with Gasteiger partial charge in [-0.2, -0.15) is 5.10 Å². The summed E-state index contributed by atoms with van der Waals surface area (Å²) < 4.78 is 1.98. The Morgan fingerprint density at radius 3 is 2.44 bits per heavy atom. The summed E-state index contributed by atoms with van der Waals surface area (Å²) in [7, 11) is 0. The molecule has 1 aromatic rings. The molecule has 2 rings (SSSR count). The van der Waals surface area contributed by atoms with Crippen LogP contribution in [0.1, 0.15) is 53.4 Å². The van der Waals surface area contributed by atoms with E-state index < -0.39 is 0 Å². The molecule has 0 saturated heterocycles. The molecule has 0 aromatic carbocycles. The zero-order valence-electron chi connectivity index (χ0n) is 12.2. The van der Waals surface area contributed by atoms with Crippen LogP contribution in [-0.2, 0) is 6.54 Å². The van der Waals surface area contributed by atoms with E-state index in [0.29, 0.717) is 11.5 Å². The Balaban J connectivity index is 1.83. The minimum Gasteiger partial charge on any atom is -0.380 e. The van der Waals surface area contributed by atoms with Crippen LogP contribution < -0.4 is 5.32 Å². The SMILES string of the molecule is CCn1cc(NC2CCC(C(C)(C)C)CC2)cn1. The Bertz CT molecular complexity index is 367. The smallest absolute Gasteiger partial charge is 0.0728 e. The van der Waals surface area contributed by atoms with Crippen molar-refractivity contribution in [2.75, 3.05) is 5.32 Å². The van der Waals surface area contributed by atoms with Gasteiger partial charge in [-0.15, -0.1) is 0 Å². The molecule has 1 saturated carbocycles. The fourth-order valence-electron chi connectivity index (χ4n) is 2.95. The number of aryl methyl sites for hydroxylation is 1. The van der Waals surface area contributed by atoms with Crippen LogP contribution >= 0.6 is 0 Å². The first kappa shape index (κ1) is 13.4. The van der Waals surface area contributed by atoms with Crippen molar-refractivity contribution in [1.29, 1.82) is 0 Å². The molecule has 1 aromatic heterocycles. The van der Waals surface area contributed by atoms with Gasteiger partial charge in [-0.3, -0.25) is 4.68 Å². The highest BCUT2D eigenvalue weighted by Gasteiger charge is 2.29. The molecule has 102 valence electrons. The van der Waals surface area contributed by atoms with Crippen molar-refractivity contribution in [2.24, 2.45) is 11.3 Å². The van der Waals surface area contributed by atoms with E-state index in [0.717, 1.165) is 12.5 Å². The number of hydrogen-bond donors (Lipinski definition) is 1. The normalized spacial score (nSPS) is 25.1. The summed E-state index contributed by atoms with van der Waals surface area (Å²) in [5.41, 5.74) is 1.65. The molecule has 0 bridgehead atoms. The van der Waals surface area contributed by atoms with Gasteiger partial charge in [0.15, 0.2) is 0 Å². The molecule has 0 atom stereocenters. The molecule has 0 aliphatic heterocycles. The van der Waals surface area contributed by atoms with Crippen LogP contribution in [0.5, 0.6) is 0 Å². The maximum absolute atomic E-state index is 4.31. The van der Waals surface area contributed by atoms with Crippen LogP contribution in [-0.4, -0.2) is 15.8 Å². The van der Waals surface area contributed by atoms with E-state index in [1.165, 1.54) is 31.4 Å². The summed E-state index contributed by atoms with van der Waals surface area (Å²) in [4.78, 5) is 0. The van der Waals surface area contributed by atoms with Crippen molar-refractivity contribution < 1.29 is 0 Å². The van der Waals surface area contributed by atoms with Crippen molar-refractivity contribution in [3.63, 3.8) is 0 Å². The minimum atomic E-state index is 0.470. The molecule has 0 spiro atoms. The van der Waals surface area contributed by atoms with Crippen LogP contribution in [0, 0.1) is 11.3 Å². The zero-order chi connectivity index (χ0) is 13.2. The van der Waals surface area contributed by atoms with Crippen molar-refractivity contribution in [1.82, 2.24) is 9.78 Å². The van der Waals surface area contributed by atoms with Gasteiger partial charge in [0.05, 0.1) is 11.9 Å². The molecule has 1 fully saturated rings. The molecule has 18 heavy (non-hydrogen) atoms. The lowest BCUT2D eigenvalue weighted by atomic mass is 9.71. The summed E-state index contributed by atoms with van der Waals surface area (Å²) in [6, 6.07) is 0.637. The van der Waals surface area contributed by atoms with Crippen LogP contribution in [0.15, 0.2) is 12.4 Å². The van der Waals surface area contributed by atoms with Gasteiger partial charge < -0.3 is 5.32 Å². The van der Waals surface area contributed by atoms with E-state index in [2.05, 4.69) is 44.3 Å². The molecule has 1 N–H and O–H groups in total. The lowest BCUT2D eigenvalue weighted by Gasteiger charge is -2.37.